The number of aromatic nitrogens is 2. The highest BCUT2D eigenvalue weighted by molar-refractivity contribution is 5.51. The fourth-order valence-electron chi connectivity index (χ4n) is 3.04. The molecule has 1 saturated heterocycles. The molecule has 1 fully saturated rings. The highest BCUT2D eigenvalue weighted by Crippen LogP contribution is 2.29. The number of nitrogens with zero attached hydrogens (tertiary/aromatic N) is 3. The van der Waals surface area contributed by atoms with Crippen molar-refractivity contribution >= 4 is 5.82 Å². The molecule has 2 heterocycles. The van der Waals surface area contributed by atoms with Crippen molar-refractivity contribution in [3.8, 4) is 0 Å². The van der Waals surface area contributed by atoms with Crippen LogP contribution in [0.2, 0.25) is 0 Å². The summed E-state index contributed by atoms with van der Waals surface area (Å²) in [6.07, 6.45) is 3.79. The second-order valence-corrected chi connectivity index (χ2v) is 5.70. The van der Waals surface area contributed by atoms with Crippen molar-refractivity contribution in [1.82, 2.24) is 15.1 Å². The van der Waals surface area contributed by atoms with Crippen molar-refractivity contribution in [3.63, 3.8) is 0 Å². The summed E-state index contributed by atoms with van der Waals surface area (Å²) in [6.45, 7) is 11.0. The van der Waals surface area contributed by atoms with Crippen LogP contribution in [0, 0.1) is 12.8 Å². The molecule has 1 aromatic rings. The van der Waals surface area contributed by atoms with Crippen LogP contribution < -0.4 is 10.2 Å². The van der Waals surface area contributed by atoms with E-state index in [4.69, 9.17) is 0 Å². The Balaban J connectivity index is 2.14. The number of hydrogen-bond acceptors (Lipinski definition) is 3. The Morgan fingerprint density at radius 1 is 1.37 bits per heavy atom. The topological polar surface area (TPSA) is 33.1 Å². The van der Waals surface area contributed by atoms with Gasteiger partial charge in [-0.3, -0.25) is 4.68 Å². The third-order valence-corrected chi connectivity index (χ3v) is 4.20. The Kier molecular flexibility index (Phi) is 4.86. The zero-order valence-corrected chi connectivity index (χ0v) is 12.9. The van der Waals surface area contributed by atoms with Gasteiger partial charge in [-0.1, -0.05) is 20.3 Å². The van der Waals surface area contributed by atoms with E-state index < -0.39 is 0 Å². The third-order valence-electron chi connectivity index (χ3n) is 4.20. The highest BCUT2D eigenvalue weighted by Gasteiger charge is 2.26. The maximum atomic E-state index is 4.62. The molecule has 1 atom stereocenters. The molecule has 0 saturated carbocycles. The van der Waals surface area contributed by atoms with Gasteiger partial charge >= 0.3 is 0 Å². The Morgan fingerprint density at radius 2 is 2.16 bits per heavy atom. The zero-order chi connectivity index (χ0) is 13.8. The van der Waals surface area contributed by atoms with E-state index in [1.54, 1.807) is 0 Å². The molecule has 4 nitrogen and oxygen atoms in total. The Bertz CT molecular complexity index is 411. The van der Waals surface area contributed by atoms with Gasteiger partial charge in [-0.05, 0) is 32.2 Å². The van der Waals surface area contributed by atoms with Crippen LogP contribution in [0.25, 0.3) is 0 Å². The summed E-state index contributed by atoms with van der Waals surface area (Å²) in [5.74, 6) is 2.18. The van der Waals surface area contributed by atoms with Crippen molar-refractivity contribution in [3.05, 3.63) is 11.3 Å². The molecule has 108 valence electrons. The quantitative estimate of drug-likeness (QED) is 0.801. The van der Waals surface area contributed by atoms with E-state index in [1.165, 1.54) is 49.4 Å². The molecule has 19 heavy (non-hydrogen) atoms. The molecular formula is C15H28N4. The molecule has 0 aromatic carbocycles. The first-order valence-corrected chi connectivity index (χ1v) is 7.65. The molecule has 1 aliphatic rings. The SMILES string of the molecule is CCCNCc1c(C)nn(C)c1N1CCC(CC)C1. The monoisotopic (exact) mass is 264 g/mol. The Hall–Kier alpha value is -1.03. The average molecular weight is 264 g/mol. The molecular weight excluding hydrogens is 236 g/mol. The number of nitrogens with one attached hydrogen (secondary N) is 1. The first-order chi connectivity index (χ1) is 9.17. The van der Waals surface area contributed by atoms with Crippen molar-refractivity contribution in [2.75, 3.05) is 24.5 Å². The van der Waals surface area contributed by atoms with Crippen LogP contribution in [0.4, 0.5) is 5.82 Å². The first-order valence-electron chi connectivity index (χ1n) is 7.65. The lowest BCUT2D eigenvalue weighted by Gasteiger charge is -2.20. The maximum Gasteiger partial charge on any atom is 0.131 e. The Morgan fingerprint density at radius 3 is 2.79 bits per heavy atom. The average Bonchev–Trinajstić information content (AvgIpc) is 2.95. The molecule has 0 spiro atoms. The normalized spacial score (nSPS) is 19.4. The number of anilines is 1. The largest absolute Gasteiger partial charge is 0.356 e. The Labute approximate surface area is 117 Å². The predicted octanol–water partition coefficient (Wildman–Crippen LogP) is 2.46. The van der Waals surface area contributed by atoms with E-state index in [2.05, 4.69) is 47.8 Å². The van der Waals surface area contributed by atoms with Gasteiger partial charge in [-0.15, -0.1) is 0 Å². The molecule has 1 aromatic heterocycles. The van der Waals surface area contributed by atoms with Crippen LogP contribution >= 0.6 is 0 Å². The predicted molar refractivity (Wildman–Crippen MR) is 80.6 cm³/mol. The van der Waals surface area contributed by atoms with Crippen LogP contribution in [0.1, 0.15) is 44.4 Å². The van der Waals surface area contributed by atoms with E-state index in [-0.39, 0.29) is 0 Å². The van der Waals surface area contributed by atoms with E-state index >= 15 is 0 Å². The van der Waals surface area contributed by atoms with Crippen molar-refractivity contribution in [2.45, 2.75) is 46.6 Å². The van der Waals surface area contributed by atoms with E-state index in [1.807, 2.05) is 0 Å². The van der Waals surface area contributed by atoms with E-state index in [9.17, 15) is 0 Å². The van der Waals surface area contributed by atoms with Crippen LogP contribution in [0.5, 0.6) is 0 Å². The van der Waals surface area contributed by atoms with Crippen molar-refractivity contribution < 1.29 is 0 Å². The van der Waals surface area contributed by atoms with Gasteiger partial charge in [0.1, 0.15) is 5.82 Å². The minimum absolute atomic E-state index is 0.853. The lowest BCUT2D eigenvalue weighted by molar-refractivity contribution is 0.567. The molecule has 0 aliphatic carbocycles. The van der Waals surface area contributed by atoms with Crippen LogP contribution in [0.3, 0.4) is 0 Å². The standard InChI is InChI=1S/C15H28N4/c1-5-8-16-10-14-12(3)17-18(4)15(14)19-9-7-13(6-2)11-19/h13,16H,5-11H2,1-4H3. The summed E-state index contributed by atoms with van der Waals surface area (Å²) >= 11 is 0. The second-order valence-electron chi connectivity index (χ2n) is 5.70. The van der Waals surface area contributed by atoms with Crippen LogP contribution in [-0.2, 0) is 13.6 Å². The molecule has 1 unspecified atom stereocenters. The molecule has 0 radical (unpaired) electrons. The van der Waals surface area contributed by atoms with Gasteiger partial charge in [-0.2, -0.15) is 5.10 Å². The van der Waals surface area contributed by atoms with Gasteiger partial charge in [0, 0.05) is 32.2 Å². The van der Waals surface area contributed by atoms with Gasteiger partial charge in [-0.25, -0.2) is 0 Å². The second kappa shape index (κ2) is 6.42. The lowest BCUT2D eigenvalue weighted by Crippen LogP contribution is -2.25. The third kappa shape index (κ3) is 3.11. The van der Waals surface area contributed by atoms with Gasteiger partial charge in [0.15, 0.2) is 0 Å². The van der Waals surface area contributed by atoms with Crippen molar-refractivity contribution in [2.24, 2.45) is 13.0 Å². The van der Waals surface area contributed by atoms with Crippen LogP contribution in [-0.4, -0.2) is 29.4 Å². The van der Waals surface area contributed by atoms with Gasteiger partial charge in [0.05, 0.1) is 5.69 Å². The van der Waals surface area contributed by atoms with Gasteiger partial charge in [0.2, 0.25) is 0 Å². The van der Waals surface area contributed by atoms with Crippen LogP contribution in [0.15, 0.2) is 0 Å². The van der Waals surface area contributed by atoms with E-state index in [0.717, 1.165) is 19.0 Å². The summed E-state index contributed by atoms with van der Waals surface area (Å²) in [4.78, 5) is 2.52. The summed E-state index contributed by atoms with van der Waals surface area (Å²) in [7, 11) is 2.07. The van der Waals surface area contributed by atoms with Gasteiger partial charge in [0.25, 0.3) is 0 Å². The number of hydrogen-bond donors (Lipinski definition) is 1. The lowest BCUT2D eigenvalue weighted by atomic mass is 10.1. The molecule has 4 heteroatoms. The first kappa shape index (κ1) is 14.4. The summed E-state index contributed by atoms with van der Waals surface area (Å²) in [6, 6.07) is 0. The van der Waals surface area contributed by atoms with Crippen molar-refractivity contribution in [1.29, 1.82) is 0 Å². The molecule has 0 amide bonds. The minimum atomic E-state index is 0.853. The summed E-state index contributed by atoms with van der Waals surface area (Å²) in [5, 5.41) is 8.13. The fourth-order valence-corrected chi connectivity index (χ4v) is 3.04. The molecule has 2 rings (SSSR count). The number of aryl methyl sites for hydroxylation is 2. The number of rotatable bonds is 6. The highest BCUT2D eigenvalue weighted by atomic mass is 15.4. The smallest absolute Gasteiger partial charge is 0.131 e. The zero-order valence-electron chi connectivity index (χ0n) is 12.9. The van der Waals surface area contributed by atoms with E-state index in [0.29, 0.717) is 0 Å². The maximum absolute atomic E-state index is 4.62. The van der Waals surface area contributed by atoms with Gasteiger partial charge < -0.3 is 10.2 Å². The fraction of sp³-hybridized carbons (Fsp3) is 0.800. The molecule has 1 N–H and O–H groups in total. The molecule has 0 bridgehead atoms. The minimum Gasteiger partial charge on any atom is -0.356 e. The summed E-state index contributed by atoms with van der Waals surface area (Å²) in [5.41, 5.74) is 2.55. The summed E-state index contributed by atoms with van der Waals surface area (Å²) < 4.78 is 2.07. The molecule has 1 aliphatic heterocycles.